The van der Waals surface area contributed by atoms with E-state index in [9.17, 15) is 13.2 Å². The Balaban J connectivity index is 1.60. The molecular weight excluding hydrogens is 374 g/mol. The Morgan fingerprint density at radius 2 is 1.64 bits per heavy atom. The summed E-state index contributed by atoms with van der Waals surface area (Å²) in [5.41, 5.74) is 1.52. The Kier molecular flexibility index (Phi) is 4.77. The van der Waals surface area contributed by atoms with Crippen molar-refractivity contribution in [2.24, 2.45) is 0 Å². The van der Waals surface area contributed by atoms with Gasteiger partial charge < -0.3 is 4.90 Å². The molecule has 28 heavy (non-hydrogen) atoms. The lowest BCUT2D eigenvalue weighted by Crippen LogP contribution is -2.64. The number of amides is 1. The largest absolute Gasteiger partial charge is 0.309 e. The molecule has 2 fully saturated rings. The van der Waals surface area contributed by atoms with E-state index in [1.165, 1.54) is 0 Å². The Labute approximate surface area is 166 Å². The molecule has 2 saturated heterocycles. The normalized spacial score (nSPS) is 24.2. The van der Waals surface area contributed by atoms with E-state index in [2.05, 4.69) is 0 Å². The molecule has 1 spiro atoms. The van der Waals surface area contributed by atoms with Gasteiger partial charge in [0.05, 0.1) is 17.0 Å². The Bertz CT molecular complexity index is 976. The van der Waals surface area contributed by atoms with Crippen molar-refractivity contribution < 1.29 is 13.2 Å². The lowest BCUT2D eigenvalue weighted by molar-refractivity contribution is -0.123. The fraction of sp³-hybridized carbons (Fsp3) is 0.381. The number of benzene rings is 2. The van der Waals surface area contributed by atoms with Crippen molar-refractivity contribution in [2.75, 3.05) is 38.1 Å². The summed E-state index contributed by atoms with van der Waals surface area (Å²) in [5.74, 6) is 0.0409. The number of hydrogen-bond acceptors (Lipinski definition) is 4. The maximum absolute atomic E-state index is 13.1. The molecule has 2 aliphatic rings. The minimum absolute atomic E-state index is 0.0409. The molecule has 6 nitrogen and oxygen atoms in total. The Hall–Kier alpha value is -2.22. The summed E-state index contributed by atoms with van der Waals surface area (Å²) in [6, 6.07) is 16.6. The van der Waals surface area contributed by atoms with Crippen molar-refractivity contribution in [1.82, 2.24) is 9.21 Å². The van der Waals surface area contributed by atoms with Gasteiger partial charge in [-0.3, -0.25) is 9.69 Å². The predicted molar refractivity (Wildman–Crippen MR) is 109 cm³/mol. The second-order valence-corrected chi connectivity index (χ2v) is 9.74. The molecule has 7 heteroatoms. The second-order valence-electron chi connectivity index (χ2n) is 7.80. The van der Waals surface area contributed by atoms with Crippen molar-refractivity contribution in [3.8, 4) is 0 Å². The predicted octanol–water partition coefficient (Wildman–Crippen LogP) is 2.11. The first-order valence-corrected chi connectivity index (χ1v) is 10.9. The van der Waals surface area contributed by atoms with Crippen LogP contribution in [-0.4, -0.2) is 62.3 Å². The van der Waals surface area contributed by atoms with Crippen LogP contribution in [0.2, 0.25) is 0 Å². The number of likely N-dealkylation sites (N-methyl/N-ethyl adjacent to an activating group) is 1. The zero-order valence-electron chi connectivity index (χ0n) is 16.2. The van der Waals surface area contributed by atoms with Crippen molar-refractivity contribution in [2.45, 2.75) is 23.8 Å². The zero-order valence-corrected chi connectivity index (χ0v) is 17.0. The number of anilines is 1. The van der Waals surface area contributed by atoms with E-state index >= 15 is 0 Å². The summed E-state index contributed by atoms with van der Waals surface area (Å²) >= 11 is 0. The van der Waals surface area contributed by atoms with Gasteiger partial charge in [0.15, 0.2) is 0 Å². The molecular formula is C21H25N3O3S. The van der Waals surface area contributed by atoms with Crippen LogP contribution in [0.25, 0.3) is 0 Å². The lowest BCUT2D eigenvalue weighted by Gasteiger charge is -2.46. The second kappa shape index (κ2) is 6.99. The molecule has 0 aliphatic carbocycles. The fourth-order valence-corrected chi connectivity index (χ4v) is 5.65. The van der Waals surface area contributed by atoms with E-state index in [0.717, 1.165) is 11.3 Å². The highest BCUT2D eigenvalue weighted by Crippen LogP contribution is 2.35. The number of aryl methyl sites for hydroxylation is 1. The van der Waals surface area contributed by atoms with Gasteiger partial charge in [-0.15, -0.1) is 0 Å². The Morgan fingerprint density at radius 1 is 0.964 bits per heavy atom. The molecule has 4 rings (SSSR count). The van der Waals surface area contributed by atoms with Gasteiger partial charge in [-0.1, -0.05) is 35.9 Å². The third kappa shape index (κ3) is 3.23. The van der Waals surface area contributed by atoms with Gasteiger partial charge >= 0.3 is 0 Å². The highest BCUT2D eigenvalue weighted by atomic mass is 32.2. The van der Waals surface area contributed by atoms with Gasteiger partial charge in [0.1, 0.15) is 0 Å². The Morgan fingerprint density at radius 3 is 2.32 bits per heavy atom. The van der Waals surface area contributed by atoms with Crippen LogP contribution in [-0.2, 0) is 14.8 Å². The van der Waals surface area contributed by atoms with Crippen molar-refractivity contribution in [1.29, 1.82) is 0 Å². The number of sulfonamides is 1. The summed E-state index contributed by atoms with van der Waals surface area (Å²) in [5, 5.41) is 0. The number of piperazine rings is 1. The van der Waals surface area contributed by atoms with Crippen molar-refractivity contribution in [3.05, 3.63) is 60.2 Å². The zero-order chi connectivity index (χ0) is 19.9. The molecule has 2 aromatic carbocycles. The molecule has 1 atom stereocenters. The minimum Gasteiger partial charge on any atom is -0.309 e. The highest BCUT2D eigenvalue weighted by Gasteiger charge is 2.50. The highest BCUT2D eigenvalue weighted by molar-refractivity contribution is 7.89. The van der Waals surface area contributed by atoms with Gasteiger partial charge in [-0.2, -0.15) is 4.31 Å². The molecule has 0 bridgehead atoms. The maximum atomic E-state index is 13.1. The summed E-state index contributed by atoms with van der Waals surface area (Å²) in [6.45, 7) is 3.56. The van der Waals surface area contributed by atoms with E-state index in [1.807, 2.05) is 61.3 Å². The van der Waals surface area contributed by atoms with Gasteiger partial charge in [-0.25, -0.2) is 8.42 Å². The van der Waals surface area contributed by atoms with Crippen molar-refractivity contribution in [3.63, 3.8) is 0 Å². The molecule has 0 saturated carbocycles. The molecule has 148 valence electrons. The van der Waals surface area contributed by atoms with Crippen LogP contribution in [0.1, 0.15) is 12.0 Å². The van der Waals surface area contributed by atoms with Gasteiger partial charge in [0.25, 0.3) is 0 Å². The summed E-state index contributed by atoms with van der Waals surface area (Å²) in [6.07, 6.45) is 0.700. The average Bonchev–Trinajstić information content (AvgIpc) is 3.12. The van der Waals surface area contributed by atoms with E-state index in [-0.39, 0.29) is 18.0 Å². The number of carbonyl (C=O) groups is 1. The van der Waals surface area contributed by atoms with Crippen LogP contribution < -0.4 is 4.90 Å². The third-order valence-electron chi connectivity index (χ3n) is 5.96. The first-order chi connectivity index (χ1) is 13.3. The molecule has 2 aromatic rings. The van der Waals surface area contributed by atoms with Crippen LogP contribution in [0.3, 0.4) is 0 Å². The van der Waals surface area contributed by atoms with Crippen LogP contribution in [0, 0.1) is 6.92 Å². The van der Waals surface area contributed by atoms with Gasteiger partial charge in [0, 0.05) is 25.3 Å². The van der Waals surface area contributed by atoms with Crippen LogP contribution >= 0.6 is 0 Å². The van der Waals surface area contributed by atoms with E-state index in [1.54, 1.807) is 21.3 Å². The van der Waals surface area contributed by atoms with Crippen molar-refractivity contribution >= 4 is 21.6 Å². The topological polar surface area (TPSA) is 60.9 Å². The van der Waals surface area contributed by atoms with Crippen LogP contribution in [0.4, 0.5) is 5.69 Å². The molecule has 0 N–H and O–H groups in total. The van der Waals surface area contributed by atoms with Gasteiger partial charge in [-0.05, 0) is 44.7 Å². The standard InChI is InChI=1S/C21H25N3O3S/c1-17-8-10-19(11-9-17)28(26,27)23-13-12-21(15-23)16-24(20(25)14-22(21)2)18-6-4-3-5-7-18/h3-11H,12-16H2,1-2H3/t21-/m1/s1. The number of para-hydroxylation sites is 1. The minimum atomic E-state index is -3.55. The molecule has 0 unspecified atom stereocenters. The van der Waals surface area contributed by atoms with E-state index < -0.39 is 10.0 Å². The summed E-state index contributed by atoms with van der Waals surface area (Å²) in [4.78, 5) is 16.8. The lowest BCUT2D eigenvalue weighted by atomic mass is 9.92. The number of rotatable bonds is 3. The maximum Gasteiger partial charge on any atom is 0.243 e. The molecule has 2 heterocycles. The molecule has 2 aliphatic heterocycles. The van der Waals surface area contributed by atoms with Gasteiger partial charge in [0.2, 0.25) is 15.9 Å². The van der Waals surface area contributed by atoms with Crippen LogP contribution in [0.5, 0.6) is 0 Å². The molecule has 1 amide bonds. The van der Waals surface area contributed by atoms with Crippen LogP contribution in [0.15, 0.2) is 59.5 Å². The first-order valence-electron chi connectivity index (χ1n) is 9.45. The summed E-state index contributed by atoms with van der Waals surface area (Å²) in [7, 11) is -1.63. The van der Waals surface area contributed by atoms with E-state index in [4.69, 9.17) is 0 Å². The number of nitrogens with zero attached hydrogens (tertiary/aromatic N) is 3. The van der Waals surface area contributed by atoms with E-state index in [0.29, 0.717) is 31.0 Å². The SMILES string of the molecule is Cc1ccc(S(=O)(=O)N2CC[C@]3(CN(c4ccccc4)C(=O)CN3C)C2)cc1. The first kappa shape index (κ1) is 19.1. The smallest absolute Gasteiger partial charge is 0.243 e. The number of carbonyl (C=O) groups excluding carboxylic acids is 1. The summed E-state index contributed by atoms with van der Waals surface area (Å²) < 4.78 is 27.8. The molecule has 0 radical (unpaired) electrons. The quantitative estimate of drug-likeness (QED) is 0.793. The molecule has 0 aromatic heterocycles. The average molecular weight is 400 g/mol. The number of hydrogen-bond donors (Lipinski definition) is 0. The monoisotopic (exact) mass is 399 g/mol. The third-order valence-corrected chi connectivity index (χ3v) is 7.82. The fourth-order valence-electron chi connectivity index (χ4n) is 4.13.